The predicted octanol–water partition coefficient (Wildman–Crippen LogP) is -0.245. The first-order chi connectivity index (χ1) is 7.72. The van der Waals surface area contributed by atoms with E-state index < -0.39 is 5.82 Å². The molecule has 0 aliphatic rings. The molecule has 0 amide bonds. The minimum atomic E-state index is -0.718. The fourth-order valence-corrected chi connectivity index (χ4v) is 1.03. The minimum Gasteiger partial charge on any atom is -0.327 e. The monoisotopic (exact) mass is 221 g/mol. The van der Waals surface area contributed by atoms with Gasteiger partial charge in [-0.3, -0.25) is 5.43 Å². The number of aromatic nitrogens is 2. The maximum Gasteiger partial charge on any atom is 0.239 e. The first-order valence-corrected chi connectivity index (χ1v) is 4.21. The van der Waals surface area contributed by atoms with Gasteiger partial charge >= 0.3 is 0 Å². The SMILES string of the molecule is N#CCN(CC#N)c1nc(NN)ncc1F. The molecule has 0 radical (unpaired) electrons. The molecule has 0 aliphatic carbocycles. The standard InChI is InChI=1S/C8H8FN7/c9-6-5-13-8(15-12)14-7(6)16(3-1-10)4-2-11/h5H,3-4,12H2,(H,13,14,15). The van der Waals surface area contributed by atoms with Crippen molar-refractivity contribution in [2.75, 3.05) is 23.4 Å². The zero-order valence-corrected chi connectivity index (χ0v) is 8.18. The first kappa shape index (κ1) is 11.6. The molecular formula is C8H8FN7. The normalized spacial score (nSPS) is 9.00. The number of rotatable bonds is 4. The molecular weight excluding hydrogens is 213 g/mol. The second-order valence-corrected chi connectivity index (χ2v) is 2.68. The zero-order chi connectivity index (χ0) is 12.0. The summed E-state index contributed by atoms with van der Waals surface area (Å²) in [6, 6.07) is 3.62. The summed E-state index contributed by atoms with van der Waals surface area (Å²) in [5.41, 5.74) is 2.15. The van der Waals surface area contributed by atoms with Crippen molar-refractivity contribution in [2.45, 2.75) is 0 Å². The number of anilines is 2. The van der Waals surface area contributed by atoms with E-state index in [0.717, 1.165) is 6.20 Å². The summed E-state index contributed by atoms with van der Waals surface area (Å²) in [5.74, 6) is 4.23. The molecule has 1 rings (SSSR count). The Labute approximate surface area is 90.9 Å². The molecule has 0 bridgehead atoms. The minimum absolute atomic E-state index is 0.0114. The van der Waals surface area contributed by atoms with Crippen LogP contribution in [0.4, 0.5) is 16.2 Å². The van der Waals surface area contributed by atoms with Gasteiger partial charge in [0.25, 0.3) is 0 Å². The van der Waals surface area contributed by atoms with Gasteiger partial charge in [-0.05, 0) is 0 Å². The van der Waals surface area contributed by atoms with E-state index in [1.54, 1.807) is 0 Å². The van der Waals surface area contributed by atoms with Crippen LogP contribution in [-0.2, 0) is 0 Å². The van der Waals surface area contributed by atoms with Gasteiger partial charge in [0.15, 0.2) is 11.6 Å². The Hall–Kier alpha value is -2.45. The maximum absolute atomic E-state index is 13.3. The van der Waals surface area contributed by atoms with Crippen LogP contribution in [0, 0.1) is 28.5 Å². The van der Waals surface area contributed by atoms with Crippen molar-refractivity contribution in [3.05, 3.63) is 12.0 Å². The van der Waals surface area contributed by atoms with Crippen LogP contribution < -0.4 is 16.2 Å². The molecule has 1 heterocycles. The lowest BCUT2D eigenvalue weighted by Gasteiger charge is -2.17. The Balaban J connectivity index is 3.08. The molecule has 0 spiro atoms. The molecule has 0 saturated heterocycles. The Bertz CT molecular complexity index is 431. The van der Waals surface area contributed by atoms with E-state index in [1.165, 1.54) is 4.90 Å². The second kappa shape index (κ2) is 5.44. The van der Waals surface area contributed by atoms with Gasteiger partial charge in [-0.1, -0.05) is 0 Å². The number of nitrogens with zero attached hydrogens (tertiary/aromatic N) is 5. The number of nitriles is 2. The number of hydrazine groups is 1. The molecule has 7 nitrogen and oxygen atoms in total. The van der Waals surface area contributed by atoms with Crippen molar-refractivity contribution < 1.29 is 4.39 Å². The average molecular weight is 221 g/mol. The van der Waals surface area contributed by atoms with Crippen molar-refractivity contribution in [3.8, 4) is 12.1 Å². The number of nitrogens with two attached hydrogens (primary N) is 1. The number of nitrogens with one attached hydrogen (secondary N) is 1. The Morgan fingerprint density at radius 3 is 2.56 bits per heavy atom. The van der Waals surface area contributed by atoms with Crippen LogP contribution in [0.3, 0.4) is 0 Å². The summed E-state index contributed by atoms with van der Waals surface area (Å²) in [7, 11) is 0. The summed E-state index contributed by atoms with van der Waals surface area (Å²) in [4.78, 5) is 8.45. The summed E-state index contributed by atoms with van der Waals surface area (Å²) in [6.45, 7) is -0.295. The molecule has 1 aromatic heterocycles. The molecule has 0 saturated carbocycles. The summed E-state index contributed by atoms with van der Waals surface area (Å²) < 4.78 is 13.3. The first-order valence-electron chi connectivity index (χ1n) is 4.21. The third-order valence-electron chi connectivity index (χ3n) is 1.68. The van der Waals surface area contributed by atoms with Crippen LogP contribution in [0.5, 0.6) is 0 Å². The van der Waals surface area contributed by atoms with Crippen LogP contribution in [0.1, 0.15) is 0 Å². The number of hydrogen-bond acceptors (Lipinski definition) is 7. The van der Waals surface area contributed by atoms with Gasteiger partial charge in [0, 0.05) is 0 Å². The molecule has 0 unspecified atom stereocenters. The third-order valence-corrected chi connectivity index (χ3v) is 1.68. The van der Waals surface area contributed by atoms with Gasteiger partial charge in [-0.25, -0.2) is 15.2 Å². The molecule has 0 aliphatic heterocycles. The van der Waals surface area contributed by atoms with Crippen LogP contribution in [0.25, 0.3) is 0 Å². The molecule has 3 N–H and O–H groups in total. The number of hydrogen-bond donors (Lipinski definition) is 2. The Morgan fingerprint density at radius 2 is 2.06 bits per heavy atom. The van der Waals surface area contributed by atoms with Gasteiger partial charge in [-0.2, -0.15) is 15.5 Å². The Morgan fingerprint density at radius 1 is 1.44 bits per heavy atom. The summed E-state index contributed by atoms with van der Waals surface area (Å²) >= 11 is 0. The van der Waals surface area contributed by atoms with Crippen molar-refractivity contribution in [1.82, 2.24) is 9.97 Å². The highest BCUT2D eigenvalue weighted by molar-refractivity contribution is 5.45. The lowest BCUT2D eigenvalue weighted by molar-refractivity contribution is 0.609. The largest absolute Gasteiger partial charge is 0.327 e. The lowest BCUT2D eigenvalue weighted by atomic mass is 10.4. The predicted molar refractivity (Wildman–Crippen MR) is 53.2 cm³/mol. The van der Waals surface area contributed by atoms with E-state index in [-0.39, 0.29) is 24.9 Å². The van der Waals surface area contributed by atoms with Crippen molar-refractivity contribution in [1.29, 1.82) is 10.5 Å². The molecule has 1 aromatic rings. The molecule has 0 aromatic carbocycles. The van der Waals surface area contributed by atoms with Crippen LogP contribution in [0.2, 0.25) is 0 Å². The number of halogens is 1. The third kappa shape index (κ3) is 2.53. The van der Waals surface area contributed by atoms with E-state index in [0.29, 0.717) is 0 Å². The topological polar surface area (TPSA) is 115 Å². The molecule has 16 heavy (non-hydrogen) atoms. The molecule has 0 atom stereocenters. The van der Waals surface area contributed by atoms with Crippen molar-refractivity contribution in [2.24, 2.45) is 5.84 Å². The van der Waals surface area contributed by atoms with Crippen molar-refractivity contribution in [3.63, 3.8) is 0 Å². The highest BCUT2D eigenvalue weighted by atomic mass is 19.1. The number of nitrogen functional groups attached to an aromatic ring is 1. The maximum atomic E-state index is 13.3. The quantitative estimate of drug-likeness (QED) is 0.409. The van der Waals surface area contributed by atoms with E-state index >= 15 is 0 Å². The second-order valence-electron chi connectivity index (χ2n) is 2.68. The molecule has 8 heteroatoms. The van der Waals surface area contributed by atoms with Crippen LogP contribution >= 0.6 is 0 Å². The zero-order valence-electron chi connectivity index (χ0n) is 8.18. The highest BCUT2D eigenvalue weighted by Crippen LogP contribution is 2.16. The highest BCUT2D eigenvalue weighted by Gasteiger charge is 2.14. The summed E-state index contributed by atoms with van der Waals surface area (Å²) in [6.07, 6.45) is 0.916. The van der Waals surface area contributed by atoms with Gasteiger partial charge in [0.05, 0.1) is 18.3 Å². The molecule has 82 valence electrons. The smallest absolute Gasteiger partial charge is 0.239 e. The van der Waals surface area contributed by atoms with Crippen LogP contribution in [-0.4, -0.2) is 23.1 Å². The van der Waals surface area contributed by atoms with Gasteiger partial charge in [0.1, 0.15) is 13.1 Å². The van der Waals surface area contributed by atoms with E-state index in [4.69, 9.17) is 16.4 Å². The van der Waals surface area contributed by atoms with E-state index in [2.05, 4.69) is 15.4 Å². The molecule has 0 fully saturated rings. The van der Waals surface area contributed by atoms with Crippen molar-refractivity contribution >= 4 is 11.8 Å². The average Bonchev–Trinajstić information content (AvgIpc) is 2.29. The van der Waals surface area contributed by atoms with Crippen LogP contribution in [0.15, 0.2) is 6.20 Å². The van der Waals surface area contributed by atoms with Gasteiger partial charge in [0.2, 0.25) is 5.95 Å². The fraction of sp³-hybridized carbons (Fsp3) is 0.250. The lowest BCUT2D eigenvalue weighted by Crippen LogP contribution is -2.26. The fourth-order valence-electron chi connectivity index (χ4n) is 1.03. The van der Waals surface area contributed by atoms with E-state index in [1.807, 2.05) is 12.1 Å². The summed E-state index contributed by atoms with van der Waals surface area (Å²) in [5, 5.41) is 17.1. The van der Waals surface area contributed by atoms with E-state index in [9.17, 15) is 4.39 Å². The van der Waals surface area contributed by atoms with Gasteiger partial charge in [-0.15, -0.1) is 0 Å². The Kier molecular flexibility index (Phi) is 3.95. The van der Waals surface area contributed by atoms with Gasteiger partial charge < -0.3 is 4.90 Å².